The van der Waals surface area contributed by atoms with Gasteiger partial charge in [-0.1, -0.05) is 152 Å². The molecule has 13 nitrogen and oxygen atoms in total. The van der Waals surface area contributed by atoms with Crippen LogP contribution in [0.15, 0.2) is 42.5 Å². The predicted molar refractivity (Wildman–Crippen MR) is 276 cm³/mol. The molecule has 0 spiro atoms. The first-order valence-electron chi connectivity index (χ1n) is 26.9. The van der Waals surface area contributed by atoms with Gasteiger partial charge in [-0.3, -0.25) is 19.2 Å². The lowest BCUT2D eigenvalue weighted by Crippen LogP contribution is -2.31. The lowest BCUT2D eigenvalue weighted by Gasteiger charge is -2.18. The molecule has 70 heavy (non-hydrogen) atoms. The van der Waals surface area contributed by atoms with Gasteiger partial charge in [-0.25, -0.2) is 4.79 Å². The molecular weight excluding hydrogens is 916 g/mol. The third-order valence-electron chi connectivity index (χ3n) is 11.5. The predicted octanol–water partition coefficient (Wildman–Crippen LogP) is 13.6. The van der Waals surface area contributed by atoms with Crippen LogP contribution in [-0.4, -0.2) is 93.9 Å². The maximum absolute atomic E-state index is 12.8. The Bertz CT molecular complexity index is 1550. The van der Waals surface area contributed by atoms with E-state index in [0.717, 1.165) is 77.0 Å². The number of hydrogen-bond donors (Lipinski definition) is 1. The van der Waals surface area contributed by atoms with Crippen LogP contribution >= 0.6 is 11.6 Å². The summed E-state index contributed by atoms with van der Waals surface area (Å²) in [6.07, 6.45) is 38.3. The Morgan fingerprint density at radius 3 is 1.33 bits per heavy atom. The van der Waals surface area contributed by atoms with Crippen LogP contribution in [0.4, 0.5) is 0 Å². The van der Waals surface area contributed by atoms with Gasteiger partial charge in [0.05, 0.1) is 49.9 Å². The number of phenols is 1. The highest BCUT2D eigenvalue weighted by molar-refractivity contribution is 6.32. The van der Waals surface area contributed by atoms with Gasteiger partial charge in [0.15, 0.2) is 6.10 Å². The highest BCUT2D eigenvalue weighted by atomic mass is 35.5. The van der Waals surface area contributed by atoms with Gasteiger partial charge in [0, 0.05) is 12.8 Å². The van der Waals surface area contributed by atoms with Crippen molar-refractivity contribution in [2.24, 2.45) is 0 Å². The topological polar surface area (TPSA) is 170 Å². The molecule has 0 unspecified atom stereocenters. The minimum atomic E-state index is -0.967. The number of carbonyl (C=O) groups is 5. The number of carbonyl (C=O) groups excluding carboxylic acids is 5. The van der Waals surface area contributed by atoms with Crippen molar-refractivity contribution >= 4 is 41.4 Å². The number of esters is 5. The molecule has 0 saturated carbocycles. The lowest BCUT2D eigenvalue weighted by molar-refractivity contribution is -0.167. The molecule has 0 aromatic heterocycles. The van der Waals surface area contributed by atoms with Crippen LogP contribution < -0.4 is 0 Å². The maximum atomic E-state index is 12.8. The first-order chi connectivity index (χ1) is 34.2. The van der Waals surface area contributed by atoms with Crippen molar-refractivity contribution in [1.82, 2.24) is 0 Å². The highest BCUT2D eigenvalue weighted by Gasteiger charge is 2.20. The summed E-state index contributed by atoms with van der Waals surface area (Å²) in [5.74, 6) is -2.85. The quantitative estimate of drug-likeness (QED) is 0.0283. The Labute approximate surface area is 426 Å². The Hall–Kier alpha value is -3.94. The van der Waals surface area contributed by atoms with E-state index in [0.29, 0.717) is 12.8 Å². The maximum Gasteiger partial charge on any atom is 0.338 e. The molecule has 1 rings (SSSR count). The van der Waals surface area contributed by atoms with Crippen molar-refractivity contribution in [2.45, 2.75) is 213 Å². The fourth-order valence-corrected chi connectivity index (χ4v) is 7.46. The molecule has 0 aliphatic rings. The van der Waals surface area contributed by atoms with Crippen molar-refractivity contribution in [3.05, 3.63) is 53.1 Å². The van der Waals surface area contributed by atoms with Gasteiger partial charge in [0.2, 0.25) is 0 Å². The summed E-state index contributed by atoms with van der Waals surface area (Å²) in [5.41, 5.74) is 0.206. The van der Waals surface area contributed by atoms with Gasteiger partial charge < -0.3 is 38.3 Å². The van der Waals surface area contributed by atoms with Gasteiger partial charge in [0.25, 0.3) is 0 Å². The molecule has 0 aliphatic carbocycles. The van der Waals surface area contributed by atoms with Gasteiger partial charge in [-0.15, -0.1) is 0 Å². The molecule has 0 radical (unpaired) electrons. The number of allylic oxidation sites excluding steroid dienone is 4. The smallest absolute Gasteiger partial charge is 0.338 e. The van der Waals surface area contributed by atoms with Crippen LogP contribution in [0.2, 0.25) is 5.02 Å². The van der Waals surface area contributed by atoms with E-state index in [4.69, 9.17) is 44.8 Å². The zero-order valence-corrected chi connectivity index (χ0v) is 44.0. The molecule has 400 valence electrons. The number of rotatable bonds is 48. The number of hydrogen-bond acceptors (Lipinski definition) is 13. The molecular formula is C56H91ClO13. The third-order valence-corrected chi connectivity index (χ3v) is 11.8. The fourth-order valence-electron chi connectivity index (χ4n) is 7.28. The summed E-state index contributed by atoms with van der Waals surface area (Å²) in [6.45, 7) is 4.59. The molecule has 0 saturated heterocycles. The normalized spacial score (nSPS) is 11.8. The largest absolute Gasteiger partial charge is 0.506 e. The summed E-state index contributed by atoms with van der Waals surface area (Å²) in [4.78, 5) is 62.3. The lowest BCUT2D eigenvalue weighted by atomic mass is 10.1. The molecule has 0 amide bonds. The third kappa shape index (κ3) is 40.8. The zero-order chi connectivity index (χ0) is 51.0. The number of unbranched alkanes of at least 4 members (excludes halogenated alkanes) is 22. The first kappa shape index (κ1) is 64.1. The second-order valence-corrected chi connectivity index (χ2v) is 18.3. The van der Waals surface area contributed by atoms with Crippen LogP contribution in [0.1, 0.15) is 217 Å². The molecule has 0 fully saturated rings. The van der Waals surface area contributed by atoms with Crippen molar-refractivity contribution in [3.63, 3.8) is 0 Å². The van der Waals surface area contributed by atoms with Gasteiger partial charge >= 0.3 is 29.8 Å². The summed E-state index contributed by atoms with van der Waals surface area (Å²) < 4.78 is 37.4. The molecule has 0 bridgehead atoms. The molecule has 1 aromatic rings. The van der Waals surface area contributed by atoms with E-state index in [1.807, 2.05) is 0 Å². The summed E-state index contributed by atoms with van der Waals surface area (Å²) in [7, 11) is 0. The second kappa shape index (κ2) is 47.4. The van der Waals surface area contributed by atoms with Crippen LogP contribution in [0, 0.1) is 0 Å². The van der Waals surface area contributed by atoms with E-state index in [2.05, 4.69) is 38.2 Å². The molecule has 14 heteroatoms. The Morgan fingerprint density at radius 2 is 0.857 bits per heavy atom. The van der Waals surface area contributed by atoms with Gasteiger partial charge in [-0.05, 0) is 82.4 Å². The number of phenolic OH excluding ortho intramolecular Hbond substituents is 1. The second-order valence-electron chi connectivity index (χ2n) is 17.9. The number of ether oxygens (including phenoxy) is 7. The number of aromatic hydroxyl groups is 1. The van der Waals surface area contributed by atoms with E-state index < -0.39 is 36.0 Å². The van der Waals surface area contributed by atoms with E-state index in [1.54, 1.807) is 0 Å². The average molecular weight is 1010 g/mol. The molecule has 1 N–H and O–H groups in total. The standard InChI is InChI=1S/C56H91ClO13/c1-3-5-7-9-11-13-15-17-19-21-23-25-27-29-31-33-52(59)68-46-49(70-55(62)34-32-30-28-26-24-22-20-18-16-14-12-10-8-6-4-2)47-69-54(61)38-37-53(60)66-43-41-64-39-40-65-42-44-67-56(63)48-35-36-51(58)50(57)45-48/h17-20,35-36,45,49,58H,3-16,21-34,37-44,46-47H2,1-2H3/b19-17-,20-18-/t49-/m1/s1. The van der Waals surface area contributed by atoms with E-state index in [-0.39, 0.29) is 94.9 Å². The van der Waals surface area contributed by atoms with Crippen LogP contribution in [0.25, 0.3) is 0 Å². The van der Waals surface area contributed by atoms with Crippen LogP contribution in [0.5, 0.6) is 5.75 Å². The van der Waals surface area contributed by atoms with Gasteiger partial charge in [0.1, 0.15) is 32.2 Å². The molecule has 0 aliphatic heterocycles. The zero-order valence-electron chi connectivity index (χ0n) is 43.2. The van der Waals surface area contributed by atoms with Crippen molar-refractivity contribution in [3.8, 4) is 5.75 Å². The molecule has 1 aromatic carbocycles. The molecule has 1 atom stereocenters. The van der Waals surface area contributed by atoms with Crippen molar-refractivity contribution in [1.29, 1.82) is 0 Å². The van der Waals surface area contributed by atoms with Crippen LogP contribution in [-0.2, 0) is 52.3 Å². The fraction of sp³-hybridized carbons (Fsp3) is 0.732. The minimum Gasteiger partial charge on any atom is -0.506 e. The van der Waals surface area contributed by atoms with E-state index in [9.17, 15) is 29.1 Å². The van der Waals surface area contributed by atoms with Crippen LogP contribution in [0.3, 0.4) is 0 Å². The summed E-state index contributed by atoms with van der Waals surface area (Å²) in [5, 5.41) is 9.52. The van der Waals surface area contributed by atoms with Gasteiger partial charge in [-0.2, -0.15) is 0 Å². The summed E-state index contributed by atoms with van der Waals surface area (Å²) in [6, 6.07) is 4.02. The number of halogens is 1. The monoisotopic (exact) mass is 1010 g/mol. The Balaban J connectivity index is 2.33. The van der Waals surface area contributed by atoms with Crippen molar-refractivity contribution < 1.29 is 62.2 Å². The summed E-state index contributed by atoms with van der Waals surface area (Å²) >= 11 is 5.82. The van der Waals surface area contributed by atoms with E-state index >= 15 is 0 Å². The number of benzene rings is 1. The average Bonchev–Trinajstić information content (AvgIpc) is 3.35. The SMILES string of the molecule is CCCCCCCC/C=C\CCCCCCCC(=O)OC[C@H](COC(=O)CCC(=O)OCCOCCOCCOC(=O)c1ccc(O)c(Cl)c1)OC(=O)CCCCCCC/C=C\CCCCCCCC. The minimum absolute atomic E-state index is 0.00701. The molecule has 0 heterocycles. The first-order valence-corrected chi connectivity index (χ1v) is 27.3. The Morgan fingerprint density at radius 1 is 0.471 bits per heavy atom. The van der Waals surface area contributed by atoms with E-state index in [1.165, 1.54) is 95.2 Å². The highest BCUT2D eigenvalue weighted by Crippen LogP contribution is 2.24. The Kier molecular flexibility index (Phi) is 43.4. The van der Waals surface area contributed by atoms with Crippen molar-refractivity contribution in [2.75, 3.05) is 52.9 Å².